The van der Waals surface area contributed by atoms with Gasteiger partial charge < -0.3 is 29.6 Å². The van der Waals surface area contributed by atoms with Crippen molar-refractivity contribution in [3.8, 4) is 17.4 Å². The van der Waals surface area contributed by atoms with Gasteiger partial charge in [0, 0.05) is 37.6 Å². The van der Waals surface area contributed by atoms with Crippen LogP contribution in [0, 0.1) is 0 Å². The van der Waals surface area contributed by atoms with Crippen molar-refractivity contribution in [3.05, 3.63) is 48.8 Å². The average Bonchev–Trinajstić information content (AvgIpc) is 2.88. The van der Waals surface area contributed by atoms with Gasteiger partial charge in [-0.1, -0.05) is 0 Å². The van der Waals surface area contributed by atoms with E-state index in [0.29, 0.717) is 43.2 Å². The summed E-state index contributed by atoms with van der Waals surface area (Å²) in [5.74, 6) is 3.08. The molecule has 0 unspecified atom stereocenters. The highest BCUT2D eigenvalue weighted by atomic mass is 16.6. The van der Waals surface area contributed by atoms with Crippen LogP contribution >= 0.6 is 0 Å². The number of benzene rings is 1. The van der Waals surface area contributed by atoms with Gasteiger partial charge in [0.2, 0.25) is 5.95 Å². The second-order valence-electron chi connectivity index (χ2n) is 7.92. The quantitative estimate of drug-likeness (QED) is 0.459. The van der Waals surface area contributed by atoms with Gasteiger partial charge in [0.25, 0.3) is 5.88 Å². The predicted molar refractivity (Wildman–Crippen MR) is 128 cm³/mol. The Hall–Kier alpha value is -3.63. The zero-order valence-electron chi connectivity index (χ0n) is 18.9. The highest BCUT2D eigenvalue weighted by Gasteiger charge is 2.14. The van der Waals surface area contributed by atoms with Gasteiger partial charge in [-0.25, -0.2) is 9.97 Å². The van der Waals surface area contributed by atoms with E-state index in [1.54, 1.807) is 18.5 Å². The minimum Gasteiger partial charge on any atom is -0.494 e. The molecular weight excluding hydrogens is 436 g/mol. The van der Waals surface area contributed by atoms with Crippen molar-refractivity contribution in [1.29, 1.82) is 0 Å². The van der Waals surface area contributed by atoms with Gasteiger partial charge in [0.15, 0.2) is 5.75 Å². The molecule has 0 amide bonds. The molecule has 0 saturated carbocycles. The normalized spacial score (nSPS) is 15.5. The molecule has 10 heteroatoms. The third-order valence-corrected chi connectivity index (χ3v) is 5.43. The number of ether oxygens (including phenoxy) is 4. The summed E-state index contributed by atoms with van der Waals surface area (Å²) in [4.78, 5) is 15.5. The van der Waals surface area contributed by atoms with Crippen LogP contribution in [0.4, 0.5) is 23.1 Å². The van der Waals surface area contributed by atoms with Crippen molar-refractivity contribution in [2.24, 2.45) is 0 Å². The molecule has 178 valence electrons. The molecule has 10 nitrogen and oxygen atoms in total. The second kappa shape index (κ2) is 11.0. The lowest BCUT2D eigenvalue weighted by molar-refractivity contribution is 0.0358. The maximum Gasteiger partial charge on any atom is 0.257 e. The first-order chi connectivity index (χ1) is 16.8. The van der Waals surface area contributed by atoms with Gasteiger partial charge in [-0.05, 0) is 36.8 Å². The summed E-state index contributed by atoms with van der Waals surface area (Å²) in [5.41, 5.74) is 1.63. The van der Waals surface area contributed by atoms with Crippen molar-refractivity contribution < 1.29 is 18.9 Å². The van der Waals surface area contributed by atoms with Crippen molar-refractivity contribution >= 4 is 23.1 Å². The number of nitrogens with one attached hydrogen (secondary N) is 2. The van der Waals surface area contributed by atoms with Crippen molar-refractivity contribution in [1.82, 2.24) is 19.9 Å². The Morgan fingerprint density at radius 3 is 2.65 bits per heavy atom. The summed E-state index contributed by atoms with van der Waals surface area (Å²) in [6.07, 6.45) is 4.37. The van der Waals surface area contributed by atoms with Crippen molar-refractivity contribution in [2.45, 2.75) is 6.42 Å². The molecule has 0 radical (unpaired) electrons. The zero-order chi connectivity index (χ0) is 23.0. The van der Waals surface area contributed by atoms with E-state index in [1.807, 2.05) is 30.3 Å². The Morgan fingerprint density at radius 2 is 1.76 bits per heavy atom. The smallest absolute Gasteiger partial charge is 0.257 e. The van der Waals surface area contributed by atoms with E-state index >= 15 is 0 Å². The number of hydrogen-bond donors (Lipinski definition) is 2. The number of rotatable bonds is 9. The standard InChI is InChI=1S/C24H28N6O4/c1(8-30-9-12-31-13-10-30)11-32-20-4-2-18(3-5-20)28-24-25-7-6-22(29-24)27-19-16-21-23(26-17-19)34-15-14-33-21/h2-7,16-17H,1,8-15H2,(H2,25,27,28,29). The third-order valence-electron chi connectivity index (χ3n) is 5.43. The SMILES string of the molecule is c1cc(Nc2cnc3c(c2)OCCO3)nc(Nc2ccc(OCCCN3CCOCC3)cc2)n1. The van der Waals surface area contributed by atoms with Gasteiger partial charge in [-0.3, -0.25) is 4.90 Å². The van der Waals surface area contributed by atoms with Crippen LogP contribution in [0.1, 0.15) is 6.42 Å². The summed E-state index contributed by atoms with van der Waals surface area (Å²) in [7, 11) is 0. The first-order valence-corrected chi connectivity index (χ1v) is 11.5. The molecular formula is C24H28N6O4. The van der Waals surface area contributed by atoms with E-state index < -0.39 is 0 Å². The molecule has 2 aliphatic rings. The number of fused-ring (bicyclic) bond motifs is 1. The molecule has 2 N–H and O–H groups in total. The molecule has 0 atom stereocenters. The Bertz CT molecular complexity index is 1080. The fraction of sp³-hybridized carbons (Fsp3) is 0.375. The summed E-state index contributed by atoms with van der Waals surface area (Å²) < 4.78 is 22.3. The number of pyridine rings is 1. The van der Waals surface area contributed by atoms with Crippen LogP contribution in [0.3, 0.4) is 0 Å². The minimum absolute atomic E-state index is 0.481. The second-order valence-corrected chi connectivity index (χ2v) is 7.92. The van der Waals surface area contributed by atoms with E-state index in [-0.39, 0.29) is 0 Å². The molecule has 1 fully saturated rings. The fourth-order valence-corrected chi connectivity index (χ4v) is 3.71. The summed E-state index contributed by atoms with van der Waals surface area (Å²) >= 11 is 0. The minimum atomic E-state index is 0.481. The van der Waals surface area contributed by atoms with Crippen LogP contribution < -0.4 is 24.8 Å². The van der Waals surface area contributed by atoms with Gasteiger partial charge in [0.05, 0.1) is 31.7 Å². The van der Waals surface area contributed by atoms with E-state index in [0.717, 1.165) is 56.4 Å². The van der Waals surface area contributed by atoms with Crippen LogP contribution in [0.15, 0.2) is 48.8 Å². The van der Waals surface area contributed by atoms with Crippen molar-refractivity contribution in [3.63, 3.8) is 0 Å². The number of aromatic nitrogens is 3. The topological polar surface area (TPSA) is 103 Å². The molecule has 0 bridgehead atoms. The monoisotopic (exact) mass is 464 g/mol. The number of hydrogen-bond acceptors (Lipinski definition) is 10. The van der Waals surface area contributed by atoms with Gasteiger partial charge in [0.1, 0.15) is 24.8 Å². The Labute approximate surface area is 198 Å². The Balaban J connectivity index is 1.11. The first-order valence-electron chi connectivity index (χ1n) is 11.5. The Morgan fingerprint density at radius 1 is 0.912 bits per heavy atom. The molecule has 2 aliphatic heterocycles. The number of morpholine rings is 1. The lowest BCUT2D eigenvalue weighted by Gasteiger charge is -2.26. The highest BCUT2D eigenvalue weighted by Crippen LogP contribution is 2.31. The lowest BCUT2D eigenvalue weighted by Crippen LogP contribution is -2.37. The first kappa shape index (κ1) is 22.2. The fourth-order valence-electron chi connectivity index (χ4n) is 3.71. The van der Waals surface area contributed by atoms with E-state index in [2.05, 4.69) is 30.5 Å². The van der Waals surface area contributed by atoms with Gasteiger partial charge in [-0.2, -0.15) is 4.98 Å². The maximum atomic E-state index is 5.88. The predicted octanol–water partition coefficient (Wildman–Crippen LogP) is 3.23. The molecule has 0 spiro atoms. The van der Waals surface area contributed by atoms with E-state index in [9.17, 15) is 0 Å². The third kappa shape index (κ3) is 6.03. The molecule has 34 heavy (non-hydrogen) atoms. The maximum absolute atomic E-state index is 5.88. The molecule has 1 aromatic carbocycles. The van der Waals surface area contributed by atoms with Crippen LogP contribution in [0.25, 0.3) is 0 Å². The Kier molecular flexibility index (Phi) is 7.17. The molecule has 5 rings (SSSR count). The number of nitrogens with zero attached hydrogens (tertiary/aromatic N) is 4. The van der Waals surface area contributed by atoms with Crippen molar-refractivity contribution in [2.75, 3.05) is 63.3 Å². The van der Waals surface area contributed by atoms with Crippen LogP contribution in [-0.4, -0.2) is 72.5 Å². The average molecular weight is 465 g/mol. The number of anilines is 4. The summed E-state index contributed by atoms with van der Waals surface area (Å²) in [5, 5.41) is 6.44. The molecule has 3 aromatic rings. The van der Waals surface area contributed by atoms with E-state index in [4.69, 9.17) is 18.9 Å². The van der Waals surface area contributed by atoms with Crippen LogP contribution in [0.5, 0.6) is 17.4 Å². The van der Waals surface area contributed by atoms with Gasteiger partial charge in [-0.15, -0.1) is 0 Å². The summed E-state index contributed by atoms with van der Waals surface area (Å²) in [6, 6.07) is 11.4. The molecule has 2 aromatic heterocycles. The van der Waals surface area contributed by atoms with Crippen LogP contribution in [-0.2, 0) is 4.74 Å². The summed E-state index contributed by atoms with van der Waals surface area (Å²) in [6.45, 7) is 6.41. The lowest BCUT2D eigenvalue weighted by atomic mass is 10.3. The molecule has 0 aliphatic carbocycles. The van der Waals surface area contributed by atoms with Gasteiger partial charge >= 0.3 is 0 Å². The molecule has 4 heterocycles. The largest absolute Gasteiger partial charge is 0.494 e. The highest BCUT2D eigenvalue weighted by molar-refractivity contribution is 5.61. The molecule has 1 saturated heterocycles. The zero-order valence-corrected chi connectivity index (χ0v) is 18.9. The van der Waals surface area contributed by atoms with Crippen LogP contribution in [0.2, 0.25) is 0 Å². The van der Waals surface area contributed by atoms with E-state index in [1.165, 1.54) is 0 Å².